The molecule has 0 aliphatic rings. The molecule has 2 rings (SSSR count). The Balaban J connectivity index is 2.31. The smallest absolute Gasteiger partial charge is 0.252 e. The Kier molecular flexibility index (Phi) is 3.77. The van der Waals surface area contributed by atoms with Crippen molar-refractivity contribution in [3.8, 4) is 11.6 Å². The molecule has 98 valence electrons. The molecule has 0 fully saturated rings. The molecule has 5 heteroatoms. The second kappa shape index (κ2) is 5.49. The van der Waals surface area contributed by atoms with Crippen LogP contribution in [-0.4, -0.2) is 10.9 Å². The molecule has 1 aromatic heterocycles. The first-order valence-corrected chi connectivity index (χ1v) is 5.86. The van der Waals surface area contributed by atoms with Crippen LogP contribution in [0, 0.1) is 0 Å². The van der Waals surface area contributed by atoms with E-state index in [0.29, 0.717) is 17.2 Å². The van der Waals surface area contributed by atoms with Crippen LogP contribution in [0.2, 0.25) is 0 Å². The second-order valence-electron chi connectivity index (χ2n) is 4.18. The first-order valence-electron chi connectivity index (χ1n) is 5.86. The number of ether oxygens (including phenoxy) is 1. The Morgan fingerprint density at radius 1 is 1.32 bits per heavy atom. The Hall–Kier alpha value is -2.40. The van der Waals surface area contributed by atoms with Gasteiger partial charge in [-0.15, -0.1) is 0 Å². The summed E-state index contributed by atoms with van der Waals surface area (Å²) in [7, 11) is 0. The lowest BCUT2D eigenvalue weighted by molar-refractivity contribution is 0.0998. The largest absolute Gasteiger partial charge is 0.438 e. The van der Waals surface area contributed by atoms with E-state index in [1.165, 1.54) is 0 Å². The molecule has 0 aliphatic heterocycles. The van der Waals surface area contributed by atoms with Gasteiger partial charge in [-0.3, -0.25) is 4.79 Å². The molecular weight excluding hydrogens is 242 g/mol. The molecular formula is C14H15N3O2. The topological polar surface area (TPSA) is 91.2 Å². The van der Waals surface area contributed by atoms with Crippen molar-refractivity contribution in [1.29, 1.82) is 0 Å². The lowest BCUT2D eigenvalue weighted by Gasteiger charge is -2.10. The van der Waals surface area contributed by atoms with Crippen LogP contribution in [0.1, 0.15) is 28.9 Å². The fourth-order valence-corrected chi connectivity index (χ4v) is 1.64. The number of amides is 1. The maximum atomic E-state index is 11.3. The lowest BCUT2D eigenvalue weighted by atomic mass is 10.1. The highest BCUT2D eigenvalue weighted by molar-refractivity contribution is 5.95. The number of aromatic nitrogens is 1. The molecule has 19 heavy (non-hydrogen) atoms. The SMILES string of the molecule is CC(N)c1ccnc(Oc2ccccc2C(N)=O)c1. The van der Waals surface area contributed by atoms with Crippen molar-refractivity contribution in [2.75, 3.05) is 0 Å². The van der Waals surface area contributed by atoms with Crippen LogP contribution in [0.15, 0.2) is 42.6 Å². The first kappa shape index (κ1) is 13.0. The monoisotopic (exact) mass is 257 g/mol. The molecule has 0 saturated heterocycles. The summed E-state index contributed by atoms with van der Waals surface area (Å²) in [5.41, 5.74) is 12.3. The average molecular weight is 257 g/mol. The summed E-state index contributed by atoms with van der Waals surface area (Å²) in [5.74, 6) is 0.215. The van der Waals surface area contributed by atoms with Crippen molar-refractivity contribution in [3.63, 3.8) is 0 Å². The van der Waals surface area contributed by atoms with Gasteiger partial charge >= 0.3 is 0 Å². The van der Waals surface area contributed by atoms with E-state index < -0.39 is 5.91 Å². The minimum absolute atomic E-state index is 0.114. The van der Waals surface area contributed by atoms with Gasteiger partial charge in [0.05, 0.1) is 5.56 Å². The van der Waals surface area contributed by atoms with Crippen LogP contribution in [0.3, 0.4) is 0 Å². The number of benzene rings is 1. The third kappa shape index (κ3) is 3.08. The summed E-state index contributed by atoms with van der Waals surface area (Å²) in [5, 5.41) is 0. The predicted molar refractivity (Wildman–Crippen MR) is 71.9 cm³/mol. The Labute approximate surface area is 111 Å². The van der Waals surface area contributed by atoms with Crippen LogP contribution in [0.4, 0.5) is 0 Å². The summed E-state index contributed by atoms with van der Waals surface area (Å²) < 4.78 is 5.59. The van der Waals surface area contributed by atoms with Crippen LogP contribution < -0.4 is 16.2 Å². The van der Waals surface area contributed by atoms with Crippen molar-refractivity contribution >= 4 is 5.91 Å². The maximum absolute atomic E-state index is 11.3. The Morgan fingerprint density at radius 3 is 2.74 bits per heavy atom. The van der Waals surface area contributed by atoms with Gasteiger partial charge in [0.25, 0.3) is 5.91 Å². The minimum atomic E-state index is -0.543. The molecule has 1 unspecified atom stereocenters. The van der Waals surface area contributed by atoms with Crippen molar-refractivity contribution in [3.05, 3.63) is 53.7 Å². The summed E-state index contributed by atoms with van der Waals surface area (Å²) >= 11 is 0. The standard InChI is InChI=1S/C14H15N3O2/c1-9(15)10-6-7-17-13(8-10)19-12-5-3-2-4-11(12)14(16)18/h2-9H,15H2,1H3,(H2,16,18). The van der Waals surface area contributed by atoms with E-state index in [9.17, 15) is 4.79 Å². The van der Waals surface area contributed by atoms with Crippen LogP contribution >= 0.6 is 0 Å². The number of rotatable bonds is 4. The number of pyridine rings is 1. The number of hydrogen-bond donors (Lipinski definition) is 2. The van der Waals surface area contributed by atoms with Crippen molar-refractivity contribution in [2.24, 2.45) is 11.5 Å². The predicted octanol–water partition coefficient (Wildman–Crippen LogP) is 1.99. The fourth-order valence-electron chi connectivity index (χ4n) is 1.64. The van der Waals surface area contributed by atoms with Gasteiger partial charge in [0.15, 0.2) is 0 Å². The molecule has 2 aromatic rings. The number of para-hydroxylation sites is 1. The van der Waals surface area contributed by atoms with Gasteiger partial charge < -0.3 is 16.2 Å². The number of hydrogen-bond acceptors (Lipinski definition) is 4. The number of carbonyl (C=O) groups excluding carboxylic acids is 1. The minimum Gasteiger partial charge on any atom is -0.438 e. The fraction of sp³-hybridized carbons (Fsp3) is 0.143. The number of primary amides is 1. The number of nitrogens with two attached hydrogens (primary N) is 2. The van der Waals surface area contributed by atoms with Gasteiger partial charge in [0.2, 0.25) is 5.88 Å². The quantitative estimate of drug-likeness (QED) is 0.876. The second-order valence-corrected chi connectivity index (χ2v) is 4.18. The van der Waals surface area contributed by atoms with E-state index in [2.05, 4.69) is 4.98 Å². The van der Waals surface area contributed by atoms with Crippen molar-refractivity contribution in [2.45, 2.75) is 13.0 Å². The number of carbonyl (C=O) groups is 1. The van der Waals surface area contributed by atoms with Crippen LogP contribution in [-0.2, 0) is 0 Å². The molecule has 5 nitrogen and oxygen atoms in total. The van der Waals surface area contributed by atoms with Crippen LogP contribution in [0.25, 0.3) is 0 Å². The highest BCUT2D eigenvalue weighted by Gasteiger charge is 2.10. The highest BCUT2D eigenvalue weighted by Crippen LogP contribution is 2.24. The molecule has 4 N–H and O–H groups in total. The van der Waals surface area contributed by atoms with Gasteiger partial charge in [-0.2, -0.15) is 0 Å². The summed E-state index contributed by atoms with van der Waals surface area (Å²) in [6, 6.07) is 10.2. The average Bonchev–Trinajstić information content (AvgIpc) is 2.39. The zero-order valence-corrected chi connectivity index (χ0v) is 10.5. The van der Waals surface area contributed by atoms with Gasteiger partial charge in [0, 0.05) is 18.3 Å². The van der Waals surface area contributed by atoms with E-state index in [1.807, 2.05) is 13.0 Å². The van der Waals surface area contributed by atoms with Gasteiger partial charge in [-0.05, 0) is 30.7 Å². The first-order chi connectivity index (χ1) is 9.08. The molecule has 0 aliphatic carbocycles. The summed E-state index contributed by atoms with van der Waals surface area (Å²) in [6.07, 6.45) is 1.61. The molecule has 0 saturated carbocycles. The molecule has 1 amide bonds. The van der Waals surface area contributed by atoms with E-state index in [-0.39, 0.29) is 6.04 Å². The number of nitrogens with zero attached hydrogens (tertiary/aromatic N) is 1. The normalized spacial score (nSPS) is 11.9. The van der Waals surface area contributed by atoms with E-state index in [4.69, 9.17) is 16.2 Å². The van der Waals surface area contributed by atoms with E-state index >= 15 is 0 Å². The molecule has 0 radical (unpaired) electrons. The molecule has 1 atom stereocenters. The zero-order chi connectivity index (χ0) is 13.8. The van der Waals surface area contributed by atoms with Gasteiger partial charge in [-0.1, -0.05) is 12.1 Å². The van der Waals surface area contributed by atoms with Gasteiger partial charge in [0.1, 0.15) is 5.75 Å². The van der Waals surface area contributed by atoms with E-state index in [1.54, 1.807) is 36.5 Å². The molecule has 1 aromatic carbocycles. The van der Waals surface area contributed by atoms with Crippen molar-refractivity contribution < 1.29 is 9.53 Å². The molecule has 0 spiro atoms. The van der Waals surface area contributed by atoms with Crippen LogP contribution in [0.5, 0.6) is 11.6 Å². The van der Waals surface area contributed by atoms with E-state index in [0.717, 1.165) is 5.56 Å². The Bertz CT molecular complexity index is 597. The van der Waals surface area contributed by atoms with Gasteiger partial charge in [-0.25, -0.2) is 4.98 Å². The Morgan fingerprint density at radius 2 is 2.05 bits per heavy atom. The lowest BCUT2D eigenvalue weighted by Crippen LogP contribution is -2.12. The van der Waals surface area contributed by atoms with Crippen molar-refractivity contribution in [1.82, 2.24) is 4.98 Å². The third-order valence-electron chi connectivity index (χ3n) is 2.65. The molecule has 1 heterocycles. The highest BCUT2D eigenvalue weighted by atomic mass is 16.5. The summed E-state index contributed by atoms with van der Waals surface area (Å²) in [6.45, 7) is 1.87. The maximum Gasteiger partial charge on any atom is 0.252 e. The molecule has 0 bridgehead atoms. The zero-order valence-electron chi connectivity index (χ0n) is 10.5. The summed E-state index contributed by atoms with van der Waals surface area (Å²) in [4.78, 5) is 15.4. The third-order valence-corrected chi connectivity index (χ3v) is 2.65.